The van der Waals surface area contributed by atoms with Crippen molar-refractivity contribution in [1.82, 2.24) is 0 Å². The van der Waals surface area contributed by atoms with Crippen LogP contribution in [0.15, 0.2) is 18.2 Å². The fraction of sp³-hybridized carbons (Fsp3) is 0.333. The number of aliphatic hydroxyl groups excluding tert-OH is 2. The zero-order chi connectivity index (χ0) is 14.6. The van der Waals surface area contributed by atoms with Crippen LogP contribution in [0.3, 0.4) is 0 Å². The fourth-order valence-corrected chi connectivity index (χ4v) is 1.63. The van der Waals surface area contributed by atoms with E-state index in [-0.39, 0.29) is 11.1 Å². The van der Waals surface area contributed by atoms with Crippen molar-refractivity contribution in [3.05, 3.63) is 29.3 Å². The van der Waals surface area contributed by atoms with Crippen molar-refractivity contribution in [2.24, 2.45) is 5.73 Å². The van der Waals surface area contributed by atoms with Gasteiger partial charge in [-0.1, -0.05) is 0 Å². The molecule has 0 heterocycles. The van der Waals surface area contributed by atoms with Crippen molar-refractivity contribution < 1.29 is 29.6 Å². The number of ether oxygens (including phenoxy) is 1. The normalized spacial score (nSPS) is 13.6. The third kappa shape index (κ3) is 3.67. The number of aromatic carboxylic acids is 1. The van der Waals surface area contributed by atoms with Crippen LogP contribution in [0.2, 0.25) is 0 Å². The van der Waals surface area contributed by atoms with Crippen LogP contribution >= 0.6 is 0 Å². The largest absolute Gasteiger partial charge is 0.497 e. The number of carbonyl (C=O) groups excluding carboxylic acids is 1. The first-order chi connectivity index (χ1) is 8.86. The molecule has 0 aliphatic rings. The highest BCUT2D eigenvalue weighted by atomic mass is 16.5. The molecular weight excluding hydrogens is 254 g/mol. The lowest BCUT2D eigenvalue weighted by Crippen LogP contribution is -2.26. The molecular formula is C12H15NO6. The second kappa shape index (κ2) is 6.17. The van der Waals surface area contributed by atoms with Gasteiger partial charge in [-0.3, -0.25) is 4.79 Å². The smallest absolute Gasteiger partial charge is 0.336 e. The van der Waals surface area contributed by atoms with E-state index in [2.05, 4.69) is 0 Å². The zero-order valence-corrected chi connectivity index (χ0v) is 10.2. The number of rotatable bonds is 6. The van der Waals surface area contributed by atoms with Crippen molar-refractivity contribution in [1.29, 1.82) is 0 Å². The number of primary amides is 1. The maximum Gasteiger partial charge on any atom is 0.336 e. The Balaban J connectivity index is 3.14. The van der Waals surface area contributed by atoms with Crippen LogP contribution in [-0.4, -0.2) is 40.4 Å². The Morgan fingerprint density at radius 2 is 2.00 bits per heavy atom. The molecule has 0 bridgehead atoms. The Labute approximate surface area is 109 Å². The van der Waals surface area contributed by atoms with Crippen LogP contribution < -0.4 is 10.5 Å². The number of carboxylic acid groups (broad SMARTS) is 1. The first kappa shape index (κ1) is 14.9. The summed E-state index contributed by atoms with van der Waals surface area (Å²) in [5, 5.41) is 28.6. The van der Waals surface area contributed by atoms with Gasteiger partial charge < -0.3 is 25.8 Å². The van der Waals surface area contributed by atoms with Gasteiger partial charge >= 0.3 is 5.97 Å². The lowest BCUT2D eigenvalue weighted by atomic mass is 9.96. The van der Waals surface area contributed by atoms with Gasteiger partial charge in [0, 0.05) is 5.56 Å². The molecule has 1 aromatic rings. The summed E-state index contributed by atoms with van der Waals surface area (Å²) in [5.74, 6) is -1.74. The molecule has 0 aromatic heterocycles. The van der Waals surface area contributed by atoms with Gasteiger partial charge in [0.15, 0.2) is 0 Å². The summed E-state index contributed by atoms with van der Waals surface area (Å²) in [6.45, 7) is 0. The monoisotopic (exact) mass is 269 g/mol. The first-order valence-corrected chi connectivity index (χ1v) is 5.42. The topological polar surface area (TPSA) is 130 Å². The van der Waals surface area contributed by atoms with Crippen molar-refractivity contribution in [2.75, 3.05) is 7.11 Å². The Hall–Kier alpha value is -2.12. The van der Waals surface area contributed by atoms with E-state index in [1.54, 1.807) is 0 Å². The minimum Gasteiger partial charge on any atom is -0.497 e. The van der Waals surface area contributed by atoms with Crippen molar-refractivity contribution in [3.63, 3.8) is 0 Å². The molecule has 2 atom stereocenters. The number of carbonyl (C=O) groups is 2. The van der Waals surface area contributed by atoms with Gasteiger partial charge in [0.1, 0.15) is 11.9 Å². The van der Waals surface area contributed by atoms with Crippen molar-refractivity contribution in [3.8, 4) is 5.75 Å². The fourth-order valence-electron chi connectivity index (χ4n) is 1.63. The summed E-state index contributed by atoms with van der Waals surface area (Å²) in [7, 11) is 1.38. The molecule has 1 rings (SSSR count). The maximum atomic E-state index is 11.0. The standard InChI is InChI=1S/C12H15NO6/c1-19-6-2-3-7(12(17)18)8(4-6)11(16)9(14)5-10(13)15/h2-4,9,11,14,16H,5H2,1H3,(H2,13,15)(H,17,18). The number of methoxy groups -OCH3 is 1. The molecule has 0 aliphatic heterocycles. The van der Waals surface area contributed by atoms with E-state index >= 15 is 0 Å². The Morgan fingerprint density at radius 3 is 2.47 bits per heavy atom. The molecule has 7 nitrogen and oxygen atoms in total. The molecule has 0 fully saturated rings. The molecule has 0 saturated heterocycles. The quantitative estimate of drug-likeness (QED) is 0.559. The van der Waals surface area contributed by atoms with Gasteiger partial charge in [0.2, 0.25) is 5.91 Å². The third-order valence-corrected chi connectivity index (χ3v) is 2.58. The molecule has 19 heavy (non-hydrogen) atoms. The predicted molar refractivity (Wildman–Crippen MR) is 64.7 cm³/mol. The van der Waals surface area contributed by atoms with Gasteiger partial charge in [-0.25, -0.2) is 4.79 Å². The highest BCUT2D eigenvalue weighted by Gasteiger charge is 2.25. The predicted octanol–water partition coefficient (Wildman–Crippen LogP) is -0.337. The molecule has 1 aromatic carbocycles. The summed E-state index contributed by atoms with van der Waals surface area (Å²) in [5.41, 5.74) is 4.69. The number of carboxylic acids is 1. The lowest BCUT2D eigenvalue weighted by Gasteiger charge is -2.19. The van der Waals surface area contributed by atoms with Crippen LogP contribution in [-0.2, 0) is 4.79 Å². The summed E-state index contributed by atoms with van der Waals surface area (Å²) >= 11 is 0. The summed E-state index contributed by atoms with van der Waals surface area (Å²) in [4.78, 5) is 21.7. The van der Waals surface area contributed by atoms with Crippen LogP contribution in [0.4, 0.5) is 0 Å². The van der Waals surface area contributed by atoms with Crippen LogP contribution in [0.25, 0.3) is 0 Å². The second-order valence-corrected chi connectivity index (χ2v) is 3.94. The molecule has 0 radical (unpaired) electrons. The Kier molecular flexibility index (Phi) is 4.85. The number of nitrogens with two attached hydrogens (primary N) is 1. The number of aliphatic hydroxyl groups is 2. The van der Waals surface area contributed by atoms with E-state index in [0.29, 0.717) is 5.75 Å². The number of benzene rings is 1. The summed E-state index contributed by atoms with van der Waals surface area (Å²) in [6, 6.07) is 3.95. The van der Waals surface area contributed by atoms with E-state index < -0.39 is 30.5 Å². The van der Waals surface area contributed by atoms with Gasteiger partial charge in [-0.2, -0.15) is 0 Å². The number of hydrogen-bond donors (Lipinski definition) is 4. The van der Waals surface area contributed by atoms with Gasteiger partial charge in [-0.15, -0.1) is 0 Å². The van der Waals surface area contributed by atoms with E-state index in [0.717, 1.165) is 0 Å². The highest BCUT2D eigenvalue weighted by Crippen LogP contribution is 2.27. The maximum absolute atomic E-state index is 11.0. The minimum absolute atomic E-state index is 0.0411. The minimum atomic E-state index is -1.55. The van der Waals surface area contributed by atoms with E-state index in [9.17, 15) is 19.8 Å². The molecule has 7 heteroatoms. The molecule has 1 amide bonds. The molecule has 0 saturated carbocycles. The highest BCUT2D eigenvalue weighted by molar-refractivity contribution is 5.89. The van der Waals surface area contributed by atoms with Crippen molar-refractivity contribution >= 4 is 11.9 Å². The molecule has 2 unspecified atom stereocenters. The van der Waals surface area contributed by atoms with Gasteiger partial charge in [0.25, 0.3) is 0 Å². The molecule has 104 valence electrons. The molecule has 0 aliphatic carbocycles. The zero-order valence-electron chi connectivity index (χ0n) is 10.2. The lowest BCUT2D eigenvalue weighted by molar-refractivity contribution is -0.121. The average Bonchev–Trinajstić information content (AvgIpc) is 2.36. The number of hydrogen-bond acceptors (Lipinski definition) is 5. The van der Waals surface area contributed by atoms with Crippen LogP contribution in [0.1, 0.15) is 28.4 Å². The Morgan fingerprint density at radius 1 is 1.37 bits per heavy atom. The van der Waals surface area contributed by atoms with Crippen molar-refractivity contribution in [2.45, 2.75) is 18.6 Å². The first-order valence-electron chi connectivity index (χ1n) is 5.42. The number of amides is 1. The summed E-state index contributed by atoms with van der Waals surface area (Å²) < 4.78 is 4.92. The van der Waals surface area contributed by atoms with Gasteiger partial charge in [0.05, 0.1) is 25.2 Å². The molecule has 5 N–H and O–H groups in total. The average molecular weight is 269 g/mol. The van der Waals surface area contributed by atoms with E-state index in [1.165, 1.54) is 25.3 Å². The third-order valence-electron chi connectivity index (χ3n) is 2.58. The van der Waals surface area contributed by atoms with E-state index in [4.69, 9.17) is 15.6 Å². The van der Waals surface area contributed by atoms with Crippen LogP contribution in [0, 0.1) is 0 Å². The Bertz CT molecular complexity index is 487. The van der Waals surface area contributed by atoms with Gasteiger partial charge in [-0.05, 0) is 18.2 Å². The second-order valence-electron chi connectivity index (χ2n) is 3.94. The van der Waals surface area contributed by atoms with E-state index in [1.807, 2.05) is 0 Å². The summed E-state index contributed by atoms with van der Waals surface area (Å²) in [6.07, 6.45) is -3.51. The van der Waals surface area contributed by atoms with Crippen LogP contribution in [0.5, 0.6) is 5.75 Å². The molecule has 0 spiro atoms. The SMILES string of the molecule is COc1ccc(C(=O)O)c(C(O)C(O)CC(N)=O)c1.